The van der Waals surface area contributed by atoms with Crippen molar-refractivity contribution in [1.82, 2.24) is 4.90 Å². The highest BCUT2D eigenvalue weighted by Crippen LogP contribution is 2.41. The van der Waals surface area contributed by atoms with Gasteiger partial charge < -0.3 is 4.90 Å². The van der Waals surface area contributed by atoms with Gasteiger partial charge in [-0.3, -0.25) is 0 Å². The SMILES string of the molecule is BC1(I)CCCCC2=C(CC(=S)N2C(C)C)C1. The molecule has 1 aliphatic carbocycles. The molecule has 0 aromatic carbocycles. The van der Waals surface area contributed by atoms with Crippen molar-refractivity contribution in [3.63, 3.8) is 0 Å². The molecule has 1 atom stereocenters. The molecule has 0 N–H and O–H groups in total. The molecule has 0 saturated heterocycles. The molecule has 4 heteroatoms. The average Bonchev–Trinajstić information content (AvgIpc) is 2.46. The van der Waals surface area contributed by atoms with E-state index in [9.17, 15) is 0 Å². The van der Waals surface area contributed by atoms with Crippen molar-refractivity contribution in [3.8, 4) is 0 Å². The molecule has 0 amide bonds. The van der Waals surface area contributed by atoms with Gasteiger partial charge in [0, 0.05) is 18.2 Å². The fraction of sp³-hybridized carbons (Fsp3) is 0.769. The van der Waals surface area contributed by atoms with Crippen molar-refractivity contribution in [1.29, 1.82) is 0 Å². The van der Waals surface area contributed by atoms with Crippen molar-refractivity contribution in [3.05, 3.63) is 11.3 Å². The summed E-state index contributed by atoms with van der Waals surface area (Å²) >= 11 is 8.22. The van der Waals surface area contributed by atoms with E-state index in [4.69, 9.17) is 12.2 Å². The predicted molar refractivity (Wildman–Crippen MR) is 89.6 cm³/mol. The van der Waals surface area contributed by atoms with E-state index in [1.54, 1.807) is 11.3 Å². The zero-order valence-corrected chi connectivity index (χ0v) is 14.0. The fourth-order valence-corrected chi connectivity index (χ4v) is 4.41. The normalized spacial score (nSPS) is 30.6. The van der Waals surface area contributed by atoms with Crippen molar-refractivity contribution in [2.75, 3.05) is 0 Å². The largest absolute Gasteiger partial charge is 0.337 e. The van der Waals surface area contributed by atoms with Gasteiger partial charge in [0.25, 0.3) is 0 Å². The monoisotopic (exact) mass is 361 g/mol. The first kappa shape index (κ1) is 13.8. The van der Waals surface area contributed by atoms with E-state index in [0.717, 1.165) is 11.4 Å². The minimum absolute atomic E-state index is 0.432. The van der Waals surface area contributed by atoms with Crippen LogP contribution in [0.25, 0.3) is 0 Å². The number of alkyl halides is 1. The standard InChI is InChI=1S/C13H21BINS/c1-9(2)16-11-5-3-4-6-13(14,15)8-10(11)7-12(16)17/h9H,3-8,14H2,1-2H3. The molecule has 0 radical (unpaired) electrons. The second kappa shape index (κ2) is 5.20. The maximum atomic E-state index is 5.58. The van der Waals surface area contributed by atoms with Crippen LogP contribution in [-0.2, 0) is 0 Å². The van der Waals surface area contributed by atoms with Gasteiger partial charge in [0.1, 0.15) is 7.85 Å². The quantitative estimate of drug-likeness (QED) is 0.305. The van der Waals surface area contributed by atoms with Crippen molar-refractivity contribution in [2.45, 2.75) is 61.7 Å². The van der Waals surface area contributed by atoms with Crippen molar-refractivity contribution >= 4 is 47.6 Å². The van der Waals surface area contributed by atoms with E-state index in [1.165, 1.54) is 32.1 Å². The Labute approximate surface area is 125 Å². The lowest BCUT2D eigenvalue weighted by molar-refractivity contribution is 0.411. The highest BCUT2D eigenvalue weighted by molar-refractivity contribution is 14.1. The Morgan fingerprint density at radius 2 is 2.12 bits per heavy atom. The Balaban J connectivity index is 2.29. The van der Waals surface area contributed by atoms with Crippen LogP contribution in [-0.4, -0.2) is 27.1 Å². The van der Waals surface area contributed by atoms with Crippen LogP contribution < -0.4 is 0 Å². The third-order valence-corrected chi connectivity index (χ3v) is 5.05. The fourth-order valence-electron chi connectivity index (χ4n) is 3.07. The summed E-state index contributed by atoms with van der Waals surface area (Å²) in [6.07, 6.45) is 7.53. The molecule has 17 heavy (non-hydrogen) atoms. The lowest BCUT2D eigenvalue weighted by atomic mass is 9.76. The second-order valence-corrected chi connectivity index (χ2v) is 8.96. The molecule has 0 aromatic rings. The first-order chi connectivity index (χ1) is 7.91. The summed E-state index contributed by atoms with van der Waals surface area (Å²) in [5.41, 5.74) is 3.19. The molecule has 0 spiro atoms. The van der Waals surface area contributed by atoms with Crippen molar-refractivity contribution < 1.29 is 0 Å². The molecule has 94 valence electrons. The van der Waals surface area contributed by atoms with E-state index in [-0.39, 0.29) is 0 Å². The third-order valence-electron chi connectivity index (χ3n) is 3.79. The number of allylic oxidation sites excluding steroid dienone is 1. The summed E-state index contributed by atoms with van der Waals surface area (Å²) < 4.78 is 0.432. The second-order valence-electron chi connectivity index (χ2n) is 5.88. The Bertz CT molecular complexity index is 362. The van der Waals surface area contributed by atoms with Crippen LogP contribution in [0, 0.1) is 0 Å². The van der Waals surface area contributed by atoms with E-state index >= 15 is 0 Å². The number of rotatable bonds is 1. The maximum Gasteiger partial charge on any atom is 0.122 e. The number of nitrogens with zero attached hydrogens (tertiary/aromatic N) is 1. The molecule has 2 rings (SSSR count). The lowest BCUT2D eigenvalue weighted by Gasteiger charge is -2.30. The van der Waals surface area contributed by atoms with E-state index in [2.05, 4.69) is 49.2 Å². The first-order valence-corrected chi connectivity index (χ1v) is 8.11. The molecular weight excluding hydrogens is 340 g/mol. The van der Waals surface area contributed by atoms with Crippen LogP contribution in [0.15, 0.2) is 11.3 Å². The molecule has 1 heterocycles. The highest BCUT2D eigenvalue weighted by Gasteiger charge is 2.33. The third kappa shape index (κ3) is 3.06. The van der Waals surface area contributed by atoms with Gasteiger partial charge in [-0.05, 0) is 48.4 Å². The van der Waals surface area contributed by atoms with Crippen LogP contribution >= 0.6 is 34.8 Å². The van der Waals surface area contributed by atoms with Gasteiger partial charge in [0.15, 0.2) is 0 Å². The van der Waals surface area contributed by atoms with Crippen molar-refractivity contribution in [2.24, 2.45) is 0 Å². The topological polar surface area (TPSA) is 3.24 Å². The Morgan fingerprint density at radius 1 is 1.41 bits per heavy atom. The van der Waals surface area contributed by atoms with E-state index in [1.807, 2.05) is 0 Å². The number of hydrogen-bond donors (Lipinski definition) is 0. The minimum Gasteiger partial charge on any atom is -0.337 e. The summed E-state index contributed by atoms with van der Waals surface area (Å²) in [5.74, 6) is 0. The van der Waals surface area contributed by atoms with Crippen LogP contribution in [0.2, 0.25) is 0 Å². The Morgan fingerprint density at radius 3 is 2.76 bits per heavy atom. The molecule has 1 aliphatic heterocycles. The van der Waals surface area contributed by atoms with E-state index < -0.39 is 0 Å². The summed E-state index contributed by atoms with van der Waals surface area (Å²) in [5, 5.41) is 0. The van der Waals surface area contributed by atoms with E-state index in [0.29, 0.717) is 9.36 Å². The zero-order valence-electron chi connectivity index (χ0n) is 11.1. The lowest BCUT2D eigenvalue weighted by Crippen LogP contribution is -2.31. The number of thiocarbonyl (C=S) groups is 1. The Kier molecular flexibility index (Phi) is 4.23. The number of halogens is 1. The maximum absolute atomic E-state index is 5.58. The van der Waals surface area contributed by atoms with Gasteiger partial charge in [-0.15, -0.1) is 0 Å². The molecule has 1 nitrogen and oxygen atoms in total. The zero-order chi connectivity index (χ0) is 12.6. The summed E-state index contributed by atoms with van der Waals surface area (Å²) in [6.45, 7) is 4.51. The molecule has 0 bridgehead atoms. The van der Waals surface area contributed by atoms with Gasteiger partial charge in [-0.2, -0.15) is 0 Å². The van der Waals surface area contributed by atoms with Crippen LogP contribution in [0.1, 0.15) is 52.4 Å². The van der Waals surface area contributed by atoms with Gasteiger partial charge in [0.2, 0.25) is 0 Å². The van der Waals surface area contributed by atoms with Gasteiger partial charge >= 0.3 is 0 Å². The van der Waals surface area contributed by atoms with Crippen LogP contribution in [0.4, 0.5) is 0 Å². The minimum atomic E-state index is 0.432. The highest BCUT2D eigenvalue weighted by atomic mass is 127. The van der Waals surface area contributed by atoms with Gasteiger partial charge in [-0.25, -0.2) is 0 Å². The summed E-state index contributed by atoms with van der Waals surface area (Å²) in [7, 11) is 2.39. The van der Waals surface area contributed by atoms with Gasteiger partial charge in [0.05, 0.1) is 4.99 Å². The predicted octanol–water partition coefficient (Wildman–Crippen LogP) is 3.41. The molecule has 0 aromatic heterocycles. The molecule has 1 unspecified atom stereocenters. The molecular formula is C13H21BINS. The van der Waals surface area contributed by atoms with Gasteiger partial charge in [-0.1, -0.05) is 41.2 Å². The Hall–Kier alpha value is 0.425. The molecule has 2 aliphatic rings. The summed E-state index contributed by atoms with van der Waals surface area (Å²) in [4.78, 5) is 3.57. The smallest absolute Gasteiger partial charge is 0.122 e. The first-order valence-electron chi connectivity index (χ1n) is 6.62. The average molecular weight is 361 g/mol. The van der Waals surface area contributed by atoms with Crippen LogP contribution in [0.5, 0.6) is 0 Å². The molecule has 0 saturated carbocycles. The van der Waals surface area contributed by atoms with Crippen LogP contribution in [0.3, 0.4) is 0 Å². The number of hydrogen-bond acceptors (Lipinski definition) is 1. The molecule has 0 fully saturated rings. The summed E-state index contributed by atoms with van der Waals surface area (Å²) in [6, 6.07) is 0.523.